The maximum Gasteiger partial charge on any atom is 0.243 e. The summed E-state index contributed by atoms with van der Waals surface area (Å²) in [4.78, 5) is 2.75. The van der Waals surface area contributed by atoms with Crippen LogP contribution in [0.25, 0.3) is 0 Å². The third-order valence-electron chi connectivity index (χ3n) is 5.48. The van der Waals surface area contributed by atoms with Crippen molar-refractivity contribution in [1.82, 2.24) is 9.21 Å². The highest BCUT2D eigenvalue weighted by atomic mass is 32.2. The first kappa shape index (κ1) is 17.9. The lowest BCUT2D eigenvalue weighted by Crippen LogP contribution is -2.72. The SMILES string of the molecule is CCOC[C@@H]1CCN(C)C2(C1)CN(S(=O)(=O)c1cccc(C)c1)C2. The van der Waals surface area contributed by atoms with Crippen molar-refractivity contribution in [3.05, 3.63) is 29.8 Å². The van der Waals surface area contributed by atoms with Gasteiger partial charge < -0.3 is 4.74 Å². The average molecular weight is 353 g/mol. The van der Waals surface area contributed by atoms with Crippen LogP contribution in [0.15, 0.2) is 29.2 Å². The van der Waals surface area contributed by atoms with Crippen LogP contribution >= 0.6 is 0 Å². The summed E-state index contributed by atoms with van der Waals surface area (Å²) in [6.45, 7) is 7.65. The minimum Gasteiger partial charge on any atom is -0.381 e. The fourth-order valence-corrected chi connectivity index (χ4v) is 5.62. The summed E-state index contributed by atoms with van der Waals surface area (Å²) in [7, 11) is -1.26. The van der Waals surface area contributed by atoms with Crippen LogP contribution in [-0.4, -0.2) is 63.1 Å². The topological polar surface area (TPSA) is 49.9 Å². The highest BCUT2D eigenvalue weighted by Gasteiger charge is 2.53. The summed E-state index contributed by atoms with van der Waals surface area (Å²) in [5.74, 6) is 0.532. The van der Waals surface area contributed by atoms with Gasteiger partial charge in [-0.2, -0.15) is 4.31 Å². The molecule has 0 aromatic heterocycles. The molecule has 1 spiro atoms. The lowest BCUT2D eigenvalue weighted by molar-refractivity contribution is -0.0576. The van der Waals surface area contributed by atoms with Gasteiger partial charge in [0.05, 0.1) is 4.90 Å². The number of rotatable bonds is 5. The molecule has 1 atom stereocenters. The van der Waals surface area contributed by atoms with Crippen LogP contribution in [0.5, 0.6) is 0 Å². The lowest BCUT2D eigenvalue weighted by atomic mass is 9.77. The molecule has 134 valence electrons. The van der Waals surface area contributed by atoms with E-state index in [1.807, 2.05) is 26.0 Å². The summed E-state index contributed by atoms with van der Waals surface area (Å²) in [6.07, 6.45) is 2.15. The molecule has 2 fully saturated rings. The Morgan fingerprint density at radius 2 is 2.08 bits per heavy atom. The summed E-state index contributed by atoms with van der Waals surface area (Å²) in [6, 6.07) is 7.17. The summed E-state index contributed by atoms with van der Waals surface area (Å²) < 4.78 is 32.9. The molecule has 0 aliphatic carbocycles. The molecule has 0 N–H and O–H groups in total. The molecule has 2 aliphatic heterocycles. The third kappa shape index (κ3) is 3.25. The zero-order chi connectivity index (χ0) is 17.4. The summed E-state index contributed by atoms with van der Waals surface area (Å²) in [5.41, 5.74) is 0.953. The van der Waals surface area contributed by atoms with E-state index in [-0.39, 0.29) is 5.54 Å². The minimum atomic E-state index is -3.38. The Balaban J connectivity index is 1.70. The van der Waals surface area contributed by atoms with Gasteiger partial charge in [0, 0.05) is 31.8 Å². The number of hydrogen-bond donors (Lipinski definition) is 0. The molecule has 0 bridgehead atoms. The molecular formula is C18H28N2O3S. The van der Waals surface area contributed by atoms with Gasteiger partial charge in [-0.25, -0.2) is 8.42 Å². The van der Waals surface area contributed by atoms with E-state index in [9.17, 15) is 8.42 Å². The highest BCUT2D eigenvalue weighted by molar-refractivity contribution is 7.89. The van der Waals surface area contributed by atoms with E-state index in [1.54, 1.807) is 16.4 Å². The van der Waals surface area contributed by atoms with Gasteiger partial charge >= 0.3 is 0 Å². The first-order valence-electron chi connectivity index (χ1n) is 8.73. The smallest absolute Gasteiger partial charge is 0.243 e. The molecule has 0 saturated carbocycles. The molecule has 0 amide bonds. The molecular weight excluding hydrogens is 324 g/mol. The zero-order valence-corrected chi connectivity index (χ0v) is 15.7. The molecule has 1 aromatic rings. The van der Waals surface area contributed by atoms with E-state index in [2.05, 4.69) is 11.9 Å². The van der Waals surface area contributed by atoms with E-state index in [0.29, 0.717) is 23.9 Å². The van der Waals surface area contributed by atoms with Crippen LogP contribution in [0.3, 0.4) is 0 Å². The van der Waals surface area contributed by atoms with Gasteiger partial charge in [-0.15, -0.1) is 0 Å². The summed E-state index contributed by atoms with van der Waals surface area (Å²) >= 11 is 0. The molecule has 1 aromatic carbocycles. The molecule has 2 heterocycles. The zero-order valence-electron chi connectivity index (χ0n) is 14.9. The number of nitrogens with zero attached hydrogens (tertiary/aromatic N) is 2. The molecule has 0 unspecified atom stereocenters. The quantitative estimate of drug-likeness (QED) is 0.814. The predicted molar refractivity (Wildman–Crippen MR) is 94.5 cm³/mol. The molecule has 0 radical (unpaired) electrons. The van der Waals surface area contributed by atoms with E-state index >= 15 is 0 Å². The molecule has 2 aliphatic rings. The average Bonchev–Trinajstić information content (AvgIpc) is 2.52. The first-order valence-corrected chi connectivity index (χ1v) is 10.2. The predicted octanol–water partition coefficient (Wildman–Crippen LogP) is 2.12. The number of likely N-dealkylation sites (N-methyl/N-ethyl adjacent to an activating group) is 1. The van der Waals surface area contributed by atoms with E-state index < -0.39 is 10.0 Å². The van der Waals surface area contributed by atoms with E-state index in [1.165, 1.54) is 0 Å². The number of likely N-dealkylation sites (tertiary alicyclic amines) is 1. The Morgan fingerprint density at radius 3 is 2.75 bits per heavy atom. The molecule has 2 saturated heterocycles. The van der Waals surface area contributed by atoms with Crippen LogP contribution in [-0.2, 0) is 14.8 Å². The third-order valence-corrected chi connectivity index (χ3v) is 7.27. The number of aryl methyl sites for hydroxylation is 1. The Kier molecular flexibility index (Phi) is 5.02. The van der Waals surface area contributed by atoms with Gasteiger partial charge in [0.1, 0.15) is 0 Å². The fraction of sp³-hybridized carbons (Fsp3) is 0.667. The molecule has 24 heavy (non-hydrogen) atoms. The maximum atomic E-state index is 12.8. The van der Waals surface area contributed by atoms with Gasteiger partial charge in [-0.05, 0) is 63.9 Å². The summed E-state index contributed by atoms with van der Waals surface area (Å²) in [5, 5.41) is 0. The van der Waals surface area contributed by atoms with E-state index in [4.69, 9.17) is 4.74 Å². The Bertz CT molecular complexity index is 681. The van der Waals surface area contributed by atoms with Gasteiger partial charge in [0.15, 0.2) is 0 Å². The van der Waals surface area contributed by atoms with Crippen molar-refractivity contribution in [3.63, 3.8) is 0 Å². The van der Waals surface area contributed by atoms with Crippen molar-refractivity contribution in [1.29, 1.82) is 0 Å². The van der Waals surface area contributed by atoms with Crippen LogP contribution in [0, 0.1) is 12.8 Å². The van der Waals surface area contributed by atoms with Gasteiger partial charge in [0.2, 0.25) is 10.0 Å². The maximum absolute atomic E-state index is 12.8. The van der Waals surface area contributed by atoms with Crippen molar-refractivity contribution in [2.24, 2.45) is 5.92 Å². The van der Waals surface area contributed by atoms with Crippen molar-refractivity contribution in [2.45, 2.75) is 37.1 Å². The number of sulfonamides is 1. The van der Waals surface area contributed by atoms with Crippen molar-refractivity contribution in [2.75, 3.05) is 39.9 Å². The number of ether oxygens (including phenoxy) is 1. The lowest BCUT2D eigenvalue weighted by Gasteiger charge is -2.57. The second-order valence-electron chi connectivity index (χ2n) is 7.25. The van der Waals surface area contributed by atoms with Crippen molar-refractivity contribution in [3.8, 4) is 0 Å². The van der Waals surface area contributed by atoms with Crippen LogP contribution in [0.4, 0.5) is 0 Å². The minimum absolute atomic E-state index is 0.0170. The first-order chi connectivity index (χ1) is 11.4. The van der Waals surface area contributed by atoms with Gasteiger partial charge in [0.25, 0.3) is 0 Å². The van der Waals surface area contributed by atoms with Gasteiger partial charge in [-0.3, -0.25) is 4.90 Å². The Hall–Kier alpha value is -0.950. The second kappa shape index (κ2) is 6.75. The van der Waals surface area contributed by atoms with Crippen LogP contribution in [0.2, 0.25) is 0 Å². The normalized spacial score (nSPS) is 24.9. The largest absolute Gasteiger partial charge is 0.381 e. The van der Waals surface area contributed by atoms with Crippen LogP contribution in [0.1, 0.15) is 25.3 Å². The standard InChI is InChI=1S/C18H28N2O3S/c1-4-23-12-16-8-9-19(3)18(11-16)13-20(14-18)24(21,22)17-7-5-6-15(2)10-17/h5-7,10,16H,4,8-9,11-14H2,1-3H3/t16-/m1/s1. The number of hydrogen-bond acceptors (Lipinski definition) is 4. The molecule has 5 nitrogen and oxygen atoms in total. The second-order valence-corrected chi connectivity index (χ2v) is 9.19. The fourth-order valence-electron chi connectivity index (χ4n) is 3.91. The molecule has 3 rings (SSSR count). The number of piperidine rings is 1. The van der Waals surface area contributed by atoms with E-state index in [0.717, 1.165) is 38.2 Å². The Labute approximate surface area is 145 Å². The van der Waals surface area contributed by atoms with Crippen LogP contribution < -0.4 is 0 Å². The number of benzene rings is 1. The van der Waals surface area contributed by atoms with Gasteiger partial charge in [-0.1, -0.05) is 12.1 Å². The van der Waals surface area contributed by atoms with Crippen molar-refractivity contribution >= 4 is 10.0 Å². The highest BCUT2D eigenvalue weighted by Crippen LogP contribution is 2.40. The van der Waals surface area contributed by atoms with Crippen molar-refractivity contribution < 1.29 is 13.2 Å². The Morgan fingerprint density at radius 1 is 1.33 bits per heavy atom. The monoisotopic (exact) mass is 352 g/mol. The molecule has 6 heteroatoms.